The molecular weight excluding hydrogens is 124 g/mol. The molecule has 0 aromatic carbocycles. The molecule has 0 amide bonds. The second-order valence-corrected chi connectivity index (χ2v) is 1.97. The molecule has 0 aliphatic carbocycles. The molecule has 0 heterocycles. The third kappa shape index (κ3) is 2.72. The lowest BCUT2D eigenvalue weighted by Gasteiger charge is -1.94. The van der Waals surface area contributed by atoms with Crippen molar-refractivity contribution in [2.75, 3.05) is 0 Å². The molecule has 0 spiro atoms. The van der Waals surface area contributed by atoms with Crippen molar-refractivity contribution < 1.29 is 0 Å². The normalized spacial score (nSPS) is 7.60. The van der Waals surface area contributed by atoms with Gasteiger partial charge in [-0.1, -0.05) is 6.58 Å². The Morgan fingerprint density at radius 2 is 2.00 bits per heavy atom. The largest absolute Gasteiger partial charge is 0.197 e. The van der Waals surface area contributed by atoms with Crippen LogP contribution in [0.25, 0.3) is 0 Å². The van der Waals surface area contributed by atoms with E-state index in [4.69, 9.17) is 10.5 Å². The molecule has 0 atom stereocenters. The minimum absolute atomic E-state index is 0.455. The number of hydrogen-bond acceptors (Lipinski definition) is 2. The van der Waals surface area contributed by atoms with Gasteiger partial charge in [-0.15, -0.1) is 5.73 Å². The third-order valence-corrected chi connectivity index (χ3v) is 1.12. The molecule has 0 N–H and O–H groups in total. The van der Waals surface area contributed by atoms with Crippen LogP contribution < -0.4 is 0 Å². The van der Waals surface area contributed by atoms with Crippen LogP contribution in [-0.4, -0.2) is 0 Å². The van der Waals surface area contributed by atoms with E-state index in [9.17, 15) is 0 Å². The van der Waals surface area contributed by atoms with Gasteiger partial charge in [0.1, 0.15) is 5.92 Å². The maximum Gasteiger partial charge on any atom is 0.137 e. The number of allylic oxidation sites excluding steroid dienone is 1. The average molecular weight is 132 g/mol. The highest BCUT2D eigenvalue weighted by molar-refractivity contribution is 5.08. The second-order valence-electron chi connectivity index (χ2n) is 1.97. The van der Waals surface area contributed by atoms with Gasteiger partial charge in [-0.05, 0) is 12.5 Å². The Balaban J connectivity index is 4.06. The molecule has 0 aromatic rings. The summed E-state index contributed by atoms with van der Waals surface area (Å²) in [4.78, 5) is 0. The molecule has 0 saturated carbocycles. The maximum absolute atomic E-state index is 8.34. The summed E-state index contributed by atoms with van der Waals surface area (Å²) >= 11 is 0. The van der Waals surface area contributed by atoms with Crippen molar-refractivity contribution in [2.45, 2.75) is 13.3 Å². The Morgan fingerprint density at radius 3 is 2.30 bits per heavy atom. The molecule has 50 valence electrons. The molecule has 0 aliphatic rings. The Hall–Kier alpha value is -1.50. The molecule has 2 nitrogen and oxygen atoms in total. The van der Waals surface area contributed by atoms with Crippen LogP contribution >= 0.6 is 0 Å². The Bertz CT molecular complexity index is 219. The van der Waals surface area contributed by atoms with Crippen molar-refractivity contribution >= 4 is 0 Å². The highest BCUT2D eigenvalue weighted by atomic mass is 14.3. The van der Waals surface area contributed by atoms with Gasteiger partial charge in [-0.25, -0.2) is 0 Å². The van der Waals surface area contributed by atoms with Crippen LogP contribution in [-0.2, 0) is 0 Å². The quantitative estimate of drug-likeness (QED) is 0.537. The monoisotopic (exact) mass is 132 g/mol. The SMILES string of the molecule is C=C=C(C)CC(C#N)C#N. The number of hydrogen-bond donors (Lipinski definition) is 0. The summed E-state index contributed by atoms with van der Waals surface area (Å²) in [6, 6.07) is 3.73. The summed E-state index contributed by atoms with van der Waals surface area (Å²) in [5, 5.41) is 16.7. The Kier molecular flexibility index (Phi) is 3.73. The summed E-state index contributed by atoms with van der Waals surface area (Å²) in [5.74, 6) is -0.547. The Labute approximate surface area is 60.7 Å². The zero-order chi connectivity index (χ0) is 7.98. The smallest absolute Gasteiger partial charge is 0.137 e. The van der Waals surface area contributed by atoms with E-state index in [1.54, 1.807) is 6.92 Å². The summed E-state index contributed by atoms with van der Waals surface area (Å²) in [5.41, 5.74) is 3.48. The minimum atomic E-state index is -0.547. The first-order valence-electron chi connectivity index (χ1n) is 2.89. The Morgan fingerprint density at radius 1 is 1.50 bits per heavy atom. The van der Waals surface area contributed by atoms with E-state index < -0.39 is 5.92 Å². The van der Waals surface area contributed by atoms with Crippen molar-refractivity contribution in [1.29, 1.82) is 10.5 Å². The lowest BCUT2D eigenvalue weighted by Crippen LogP contribution is -1.92. The fraction of sp³-hybridized carbons (Fsp3) is 0.375. The average Bonchev–Trinajstić information content (AvgIpc) is 1.99. The fourth-order valence-electron chi connectivity index (χ4n) is 0.499. The van der Waals surface area contributed by atoms with Crippen LogP contribution in [0.2, 0.25) is 0 Å². The predicted molar refractivity (Wildman–Crippen MR) is 37.7 cm³/mol. The first-order chi connectivity index (χ1) is 4.74. The van der Waals surface area contributed by atoms with Crippen molar-refractivity contribution in [3.05, 3.63) is 17.9 Å². The molecule has 0 aliphatic heterocycles. The second kappa shape index (κ2) is 4.39. The van der Waals surface area contributed by atoms with E-state index in [2.05, 4.69) is 12.3 Å². The van der Waals surface area contributed by atoms with Gasteiger partial charge < -0.3 is 0 Å². The maximum atomic E-state index is 8.34. The fourth-order valence-corrected chi connectivity index (χ4v) is 0.499. The van der Waals surface area contributed by atoms with Gasteiger partial charge in [0.25, 0.3) is 0 Å². The van der Waals surface area contributed by atoms with Gasteiger partial charge >= 0.3 is 0 Å². The first kappa shape index (κ1) is 8.50. The summed E-state index contributed by atoms with van der Waals surface area (Å²) in [6.45, 7) is 5.20. The van der Waals surface area contributed by atoms with E-state index in [1.807, 2.05) is 12.1 Å². The minimum Gasteiger partial charge on any atom is -0.197 e. The molecular formula is C8H8N2. The van der Waals surface area contributed by atoms with Crippen molar-refractivity contribution in [3.63, 3.8) is 0 Å². The van der Waals surface area contributed by atoms with Crippen LogP contribution in [0.4, 0.5) is 0 Å². The molecule has 0 rings (SSSR count). The van der Waals surface area contributed by atoms with Gasteiger partial charge in [-0.3, -0.25) is 0 Å². The van der Waals surface area contributed by atoms with Crippen LogP contribution in [0.15, 0.2) is 17.9 Å². The first-order valence-corrected chi connectivity index (χ1v) is 2.89. The van der Waals surface area contributed by atoms with Gasteiger partial charge in [0.2, 0.25) is 0 Å². The zero-order valence-corrected chi connectivity index (χ0v) is 5.89. The highest BCUT2D eigenvalue weighted by Crippen LogP contribution is 2.07. The lowest BCUT2D eigenvalue weighted by molar-refractivity contribution is 0.824. The third-order valence-electron chi connectivity index (χ3n) is 1.12. The van der Waals surface area contributed by atoms with Gasteiger partial charge in [0, 0.05) is 6.42 Å². The van der Waals surface area contributed by atoms with E-state index in [1.165, 1.54) is 0 Å². The topological polar surface area (TPSA) is 47.6 Å². The van der Waals surface area contributed by atoms with Gasteiger partial charge in [-0.2, -0.15) is 10.5 Å². The van der Waals surface area contributed by atoms with E-state index in [0.29, 0.717) is 6.42 Å². The number of rotatable bonds is 2. The predicted octanol–water partition coefficient (Wildman–Crippen LogP) is 1.77. The van der Waals surface area contributed by atoms with Gasteiger partial charge in [0.15, 0.2) is 0 Å². The molecule has 0 bridgehead atoms. The molecule has 10 heavy (non-hydrogen) atoms. The molecule has 0 aromatic heterocycles. The summed E-state index contributed by atoms with van der Waals surface area (Å²) in [7, 11) is 0. The molecule has 0 fully saturated rings. The molecule has 0 saturated heterocycles. The van der Waals surface area contributed by atoms with E-state index in [-0.39, 0.29) is 0 Å². The highest BCUT2D eigenvalue weighted by Gasteiger charge is 2.04. The molecule has 0 radical (unpaired) electrons. The lowest BCUT2D eigenvalue weighted by atomic mass is 10.0. The van der Waals surface area contributed by atoms with Crippen LogP contribution in [0, 0.1) is 28.6 Å². The van der Waals surface area contributed by atoms with Crippen LogP contribution in [0.3, 0.4) is 0 Å². The number of nitrogens with zero attached hydrogens (tertiary/aromatic N) is 2. The molecule has 0 unspecified atom stereocenters. The van der Waals surface area contributed by atoms with Crippen LogP contribution in [0.5, 0.6) is 0 Å². The zero-order valence-electron chi connectivity index (χ0n) is 5.89. The van der Waals surface area contributed by atoms with Crippen LogP contribution in [0.1, 0.15) is 13.3 Å². The van der Waals surface area contributed by atoms with E-state index in [0.717, 1.165) is 5.57 Å². The number of nitriles is 2. The van der Waals surface area contributed by atoms with Gasteiger partial charge in [0.05, 0.1) is 12.1 Å². The van der Waals surface area contributed by atoms with E-state index >= 15 is 0 Å². The molecule has 2 heteroatoms. The standard InChI is InChI=1S/C8H8N2/c1-3-7(2)4-8(5-9)6-10/h8H,1,4H2,2H3. The summed E-state index contributed by atoms with van der Waals surface area (Å²) in [6.07, 6.45) is 0.455. The van der Waals surface area contributed by atoms with Crippen molar-refractivity contribution in [2.24, 2.45) is 5.92 Å². The van der Waals surface area contributed by atoms with Crippen molar-refractivity contribution in [3.8, 4) is 12.1 Å². The summed E-state index contributed by atoms with van der Waals surface area (Å²) < 4.78 is 0. The van der Waals surface area contributed by atoms with Crippen molar-refractivity contribution in [1.82, 2.24) is 0 Å².